The fraction of sp³-hybridized carbons (Fsp3) is 0.0714. The maximum atomic E-state index is 9.00. The summed E-state index contributed by atoms with van der Waals surface area (Å²) in [4.78, 5) is 9.00. The molecule has 0 aliphatic rings. The van der Waals surface area contributed by atoms with Crippen molar-refractivity contribution in [2.24, 2.45) is 0 Å². The number of carboxylic acids is 1. The Morgan fingerprint density at radius 3 is 1.47 bits per heavy atom. The molecule has 84 valence electrons. The van der Waals surface area contributed by atoms with Crippen molar-refractivity contribution < 1.29 is 27.0 Å². The van der Waals surface area contributed by atoms with Crippen LogP contribution in [0.2, 0.25) is 0 Å². The summed E-state index contributed by atoms with van der Waals surface area (Å²) < 4.78 is 3.11. The van der Waals surface area contributed by atoms with Crippen molar-refractivity contribution in [1.82, 2.24) is 0 Å². The van der Waals surface area contributed by atoms with E-state index in [-0.39, 0.29) is 0 Å². The first-order valence-electron chi connectivity index (χ1n) is 5.46. The van der Waals surface area contributed by atoms with Crippen LogP contribution in [0, 0.1) is 0 Å². The van der Waals surface area contributed by atoms with Crippen LogP contribution in [0.25, 0.3) is 0 Å². The van der Waals surface area contributed by atoms with Crippen LogP contribution >= 0.6 is 0 Å². The van der Waals surface area contributed by atoms with Crippen LogP contribution in [0.5, 0.6) is 0 Å². The summed E-state index contributed by atoms with van der Waals surface area (Å²) in [7, 11) is 0. The molecule has 2 aromatic carbocycles. The molecule has 0 spiro atoms. The van der Waals surface area contributed by atoms with Crippen molar-refractivity contribution in [2.45, 2.75) is 6.92 Å². The van der Waals surface area contributed by atoms with Gasteiger partial charge in [-0.25, -0.2) is 0 Å². The monoisotopic (exact) mass is 278 g/mol. The normalized spacial score (nSPS) is 8.53. The Kier molecular flexibility index (Phi) is 6.20. The second kappa shape index (κ2) is 7.75. The third kappa shape index (κ3) is 6.65. The minimum atomic E-state index is -0.833. The Hall–Kier alpha value is -1.47. The number of aliphatic carboxylic acids is 1. The first-order chi connectivity index (χ1) is 8.18. The molecule has 0 aromatic heterocycles. The van der Waals surface area contributed by atoms with E-state index in [9.17, 15) is 0 Å². The summed E-state index contributed by atoms with van der Waals surface area (Å²) in [6, 6.07) is 21.6. The number of carboxylic acid groups (broad SMARTS) is 1. The van der Waals surface area contributed by atoms with Crippen LogP contribution in [-0.2, 0) is 21.9 Å². The Labute approximate surface area is 109 Å². The second-order valence-electron chi connectivity index (χ2n) is 3.67. The number of hydrogen-bond donors (Lipinski definition) is 1. The fourth-order valence-electron chi connectivity index (χ4n) is 1.43. The van der Waals surface area contributed by atoms with E-state index in [0.717, 1.165) is 6.92 Å². The van der Waals surface area contributed by atoms with Crippen molar-refractivity contribution >= 4 is 14.3 Å². The fourth-order valence-corrected chi connectivity index (χ4v) is 4.55. The molecule has 0 saturated heterocycles. The molecule has 0 atom stereocenters. The Morgan fingerprint density at radius 1 is 0.882 bits per heavy atom. The topological polar surface area (TPSA) is 37.3 Å². The van der Waals surface area contributed by atoms with Gasteiger partial charge in [-0.05, 0) is 0 Å². The zero-order chi connectivity index (χ0) is 12.5. The van der Waals surface area contributed by atoms with E-state index in [1.165, 1.54) is 0 Å². The molecule has 0 radical (unpaired) electrons. The summed E-state index contributed by atoms with van der Waals surface area (Å²) in [5, 5.41) is 7.42. The molecule has 0 bridgehead atoms. The van der Waals surface area contributed by atoms with Crippen LogP contribution in [0.4, 0.5) is 0 Å². The van der Waals surface area contributed by atoms with Gasteiger partial charge in [0.25, 0.3) is 5.97 Å². The predicted molar refractivity (Wildman–Crippen MR) is 65.5 cm³/mol. The van der Waals surface area contributed by atoms with E-state index in [2.05, 4.69) is 60.7 Å². The van der Waals surface area contributed by atoms with E-state index >= 15 is 0 Å². The SMILES string of the molecule is CC(=O)O.c1cc[c]([Zn][c]2ccccc2)cc1. The van der Waals surface area contributed by atoms with E-state index in [1.807, 2.05) is 0 Å². The average molecular weight is 280 g/mol. The average Bonchev–Trinajstić information content (AvgIpc) is 2.31. The number of hydrogen-bond acceptors (Lipinski definition) is 1. The predicted octanol–water partition coefficient (Wildman–Crippen LogP) is 1.81. The van der Waals surface area contributed by atoms with Crippen molar-refractivity contribution in [3.8, 4) is 0 Å². The molecule has 0 saturated carbocycles. The molecule has 0 heterocycles. The minimum absolute atomic E-state index is 0.676. The molecule has 0 unspecified atom stereocenters. The molecule has 3 heteroatoms. The Balaban J connectivity index is 0.000000317. The molecule has 0 amide bonds. The van der Waals surface area contributed by atoms with Crippen molar-refractivity contribution in [3.05, 3.63) is 60.7 Å². The van der Waals surface area contributed by atoms with E-state index in [4.69, 9.17) is 9.90 Å². The second-order valence-corrected chi connectivity index (χ2v) is 7.83. The van der Waals surface area contributed by atoms with Crippen LogP contribution in [0.1, 0.15) is 6.92 Å². The standard InChI is InChI=1S/2C6H5.C2H4O2.Zn/c2*1-2-4-6-5-3-1;1-2(3)4;/h2*1-5H;1H3,(H,3,4);. The summed E-state index contributed by atoms with van der Waals surface area (Å²) in [5.41, 5.74) is 0. The zero-order valence-electron chi connectivity index (χ0n) is 9.84. The summed E-state index contributed by atoms with van der Waals surface area (Å²) in [6.07, 6.45) is 0. The van der Waals surface area contributed by atoms with E-state index in [0.29, 0.717) is 0 Å². The number of rotatable bonds is 2. The molecule has 2 rings (SSSR count). The van der Waals surface area contributed by atoms with Gasteiger partial charge < -0.3 is 5.11 Å². The molecule has 2 aromatic rings. The maximum absolute atomic E-state index is 9.00. The van der Waals surface area contributed by atoms with Gasteiger partial charge in [0.05, 0.1) is 0 Å². The van der Waals surface area contributed by atoms with Gasteiger partial charge in [-0.1, -0.05) is 0 Å². The van der Waals surface area contributed by atoms with Crippen molar-refractivity contribution in [2.75, 3.05) is 0 Å². The van der Waals surface area contributed by atoms with Crippen LogP contribution in [-0.4, -0.2) is 11.1 Å². The number of carbonyl (C=O) groups is 1. The van der Waals surface area contributed by atoms with Gasteiger partial charge in [0.15, 0.2) is 0 Å². The quantitative estimate of drug-likeness (QED) is 0.852. The van der Waals surface area contributed by atoms with E-state index < -0.39 is 23.1 Å². The van der Waals surface area contributed by atoms with Gasteiger partial charge in [0.2, 0.25) is 0 Å². The van der Waals surface area contributed by atoms with Crippen molar-refractivity contribution in [1.29, 1.82) is 0 Å². The van der Waals surface area contributed by atoms with Gasteiger partial charge in [0, 0.05) is 6.92 Å². The first kappa shape index (κ1) is 13.6. The third-order valence-electron chi connectivity index (χ3n) is 2.09. The summed E-state index contributed by atoms with van der Waals surface area (Å²) in [6.45, 7) is 1.08. The Morgan fingerprint density at radius 2 is 1.18 bits per heavy atom. The molecular formula is C14H14O2Zn. The zero-order valence-corrected chi connectivity index (χ0v) is 12.8. The molecule has 2 nitrogen and oxygen atoms in total. The Bertz CT molecular complexity index is 399. The third-order valence-corrected chi connectivity index (χ3v) is 5.79. The van der Waals surface area contributed by atoms with Gasteiger partial charge in [-0.15, -0.1) is 0 Å². The molecule has 0 aliphatic carbocycles. The van der Waals surface area contributed by atoms with E-state index in [1.54, 1.807) is 8.32 Å². The van der Waals surface area contributed by atoms with Gasteiger partial charge in [0.1, 0.15) is 0 Å². The van der Waals surface area contributed by atoms with Crippen LogP contribution in [0.3, 0.4) is 0 Å². The van der Waals surface area contributed by atoms with Crippen LogP contribution < -0.4 is 8.32 Å². The van der Waals surface area contributed by atoms with Gasteiger partial charge >= 0.3 is 86.1 Å². The molecule has 1 N–H and O–H groups in total. The summed E-state index contributed by atoms with van der Waals surface area (Å²) in [5.74, 6) is -0.833. The van der Waals surface area contributed by atoms with Crippen molar-refractivity contribution in [3.63, 3.8) is 0 Å². The molecule has 17 heavy (non-hydrogen) atoms. The number of benzene rings is 2. The van der Waals surface area contributed by atoms with Gasteiger partial charge in [-0.3, -0.25) is 4.79 Å². The molecule has 0 fully saturated rings. The summed E-state index contributed by atoms with van der Waals surface area (Å²) >= 11 is -0.676. The first-order valence-corrected chi connectivity index (χ1v) is 8.42. The van der Waals surface area contributed by atoms with Gasteiger partial charge in [-0.2, -0.15) is 0 Å². The van der Waals surface area contributed by atoms with Crippen LogP contribution in [0.15, 0.2) is 60.7 Å². The molecule has 0 aliphatic heterocycles. The molecular weight excluding hydrogens is 266 g/mol.